The van der Waals surface area contributed by atoms with E-state index in [1.165, 1.54) is 0 Å². The van der Waals surface area contributed by atoms with Crippen molar-refractivity contribution in [1.29, 1.82) is 0 Å². The first kappa shape index (κ1) is 17.7. The predicted molar refractivity (Wildman–Crippen MR) is 64.4 cm³/mol. The van der Waals surface area contributed by atoms with Crippen molar-refractivity contribution in [3.63, 3.8) is 0 Å². The van der Waals surface area contributed by atoms with Gasteiger partial charge in [-0.3, -0.25) is 4.55 Å². The van der Waals surface area contributed by atoms with Gasteiger partial charge in [0.1, 0.15) is 11.4 Å². The van der Waals surface area contributed by atoms with E-state index in [9.17, 15) is 13.2 Å². The van der Waals surface area contributed by atoms with Crippen molar-refractivity contribution in [2.75, 3.05) is 0 Å². The van der Waals surface area contributed by atoms with Crippen LogP contribution in [-0.2, 0) is 10.1 Å². The Hall–Kier alpha value is -1.28. The zero-order valence-corrected chi connectivity index (χ0v) is 11.4. The molecule has 0 aliphatic rings. The Morgan fingerprint density at radius 3 is 1.68 bits per heavy atom. The van der Waals surface area contributed by atoms with E-state index in [0.717, 1.165) is 5.75 Å². The fourth-order valence-corrected chi connectivity index (χ4v) is 0.842. The molecule has 1 aromatic carbocycles. The average Bonchev–Trinajstić information content (AvgIpc) is 2.14. The van der Waals surface area contributed by atoms with Gasteiger partial charge < -0.3 is 4.74 Å². The molecule has 0 heterocycles. The lowest BCUT2D eigenvalue weighted by molar-refractivity contribution is -0.0510. The van der Waals surface area contributed by atoms with Gasteiger partial charge in [-0.05, 0) is 32.9 Å². The lowest BCUT2D eigenvalue weighted by atomic mass is 10.2. The van der Waals surface area contributed by atoms with Gasteiger partial charge in [0.15, 0.2) is 0 Å². The standard InChI is InChI=1S/C10H14O.CHF3O3S/c1-10(2,3)11-9-7-5-4-6-8-9;2-1(3,4)8(5,6)7/h4-8H,1-3H3;(H,5,6,7). The molecule has 0 amide bonds. The van der Waals surface area contributed by atoms with Crippen molar-refractivity contribution in [1.82, 2.24) is 0 Å². The summed E-state index contributed by atoms with van der Waals surface area (Å²) < 4.78 is 63.1. The summed E-state index contributed by atoms with van der Waals surface area (Å²) in [5.41, 5.74) is -5.63. The van der Waals surface area contributed by atoms with Gasteiger partial charge in [0.2, 0.25) is 0 Å². The van der Waals surface area contributed by atoms with Crippen molar-refractivity contribution in [3.05, 3.63) is 30.3 Å². The van der Waals surface area contributed by atoms with Gasteiger partial charge in [-0.15, -0.1) is 0 Å². The van der Waals surface area contributed by atoms with E-state index in [1.54, 1.807) is 0 Å². The van der Waals surface area contributed by atoms with Gasteiger partial charge in [-0.1, -0.05) is 18.2 Å². The van der Waals surface area contributed by atoms with Crippen LogP contribution in [0.4, 0.5) is 13.2 Å². The molecule has 0 aliphatic carbocycles. The van der Waals surface area contributed by atoms with Gasteiger partial charge in [-0.25, -0.2) is 0 Å². The Morgan fingerprint density at radius 2 is 1.42 bits per heavy atom. The molecular formula is C11H15F3O4S. The van der Waals surface area contributed by atoms with Crippen LogP contribution in [0.3, 0.4) is 0 Å². The fourth-order valence-electron chi connectivity index (χ4n) is 0.842. The first-order valence-electron chi connectivity index (χ1n) is 5.11. The van der Waals surface area contributed by atoms with Crippen molar-refractivity contribution < 1.29 is 30.9 Å². The number of para-hydroxylation sites is 1. The molecule has 110 valence electrons. The number of halogens is 3. The molecule has 0 aromatic heterocycles. The normalized spacial score (nSPS) is 12.4. The number of alkyl halides is 3. The third-order valence-corrected chi connectivity index (χ3v) is 2.04. The Kier molecular flexibility index (Phi) is 5.83. The first-order chi connectivity index (χ1) is 8.33. The zero-order valence-electron chi connectivity index (χ0n) is 10.6. The molecule has 1 aromatic rings. The van der Waals surface area contributed by atoms with Crippen LogP contribution in [0.1, 0.15) is 20.8 Å². The molecule has 0 unspecified atom stereocenters. The second-order valence-electron chi connectivity index (χ2n) is 4.45. The number of benzene rings is 1. The Morgan fingerprint density at radius 1 is 1.05 bits per heavy atom. The van der Waals surface area contributed by atoms with Crippen LogP contribution >= 0.6 is 0 Å². The summed E-state index contributed by atoms with van der Waals surface area (Å²) >= 11 is 0. The monoisotopic (exact) mass is 300 g/mol. The van der Waals surface area contributed by atoms with Gasteiger partial charge in [-0.2, -0.15) is 21.6 Å². The van der Waals surface area contributed by atoms with Crippen molar-refractivity contribution in [2.24, 2.45) is 0 Å². The minimum absolute atomic E-state index is 0.0959. The van der Waals surface area contributed by atoms with Crippen LogP contribution in [-0.4, -0.2) is 24.1 Å². The number of hydrogen-bond acceptors (Lipinski definition) is 3. The molecule has 0 aliphatic heterocycles. The van der Waals surface area contributed by atoms with Crippen molar-refractivity contribution >= 4 is 10.1 Å². The lowest BCUT2D eigenvalue weighted by Crippen LogP contribution is -2.22. The summed E-state index contributed by atoms with van der Waals surface area (Å²) in [6.45, 7) is 6.12. The number of hydrogen-bond donors (Lipinski definition) is 1. The highest BCUT2D eigenvalue weighted by atomic mass is 32.2. The summed E-state index contributed by atoms with van der Waals surface area (Å²) in [7, 11) is -5.84. The van der Waals surface area contributed by atoms with E-state index in [4.69, 9.17) is 17.7 Å². The first-order valence-corrected chi connectivity index (χ1v) is 6.55. The molecule has 0 saturated heterocycles. The largest absolute Gasteiger partial charge is 0.522 e. The zero-order chi connectivity index (χ0) is 15.3. The maximum Gasteiger partial charge on any atom is 0.522 e. The number of rotatable bonds is 1. The molecule has 0 radical (unpaired) electrons. The molecule has 0 atom stereocenters. The van der Waals surface area contributed by atoms with Gasteiger partial charge >= 0.3 is 15.6 Å². The minimum Gasteiger partial charge on any atom is -0.488 e. The van der Waals surface area contributed by atoms with E-state index in [2.05, 4.69) is 0 Å². The maximum absolute atomic E-state index is 10.7. The summed E-state index contributed by atoms with van der Waals surface area (Å²) in [5, 5.41) is 0. The van der Waals surface area contributed by atoms with E-state index in [1.807, 2.05) is 51.1 Å². The van der Waals surface area contributed by atoms with Gasteiger partial charge in [0, 0.05) is 0 Å². The van der Waals surface area contributed by atoms with E-state index in [0.29, 0.717) is 0 Å². The molecule has 1 rings (SSSR count). The quantitative estimate of drug-likeness (QED) is 0.638. The van der Waals surface area contributed by atoms with Crippen LogP contribution < -0.4 is 4.74 Å². The molecule has 0 bridgehead atoms. The lowest BCUT2D eigenvalue weighted by Gasteiger charge is -2.20. The number of ether oxygens (including phenoxy) is 1. The average molecular weight is 300 g/mol. The highest BCUT2D eigenvalue weighted by Crippen LogP contribution is 2.20. The van der Waals surface area contributed by atoms with Gasteiger partial charge in [0.05, 0.1) is 0 Å². The smallest absolute Gasteiger partial charge is 0.488 e. The molecule has 1 N–H and O–H groups in total. The fraction of sp³-hybridized carbons (Fsp3) is 0.455. The molecule has 0 spiro atoms. The molecule has 0 saturated carbocycles. The van der Waals surface area contributed by atoms with E-state index >= 15 is 0 Å². The second kappa shape index (κ2) is 6.25. The predicted octanol–water partition coefficient (Wildman–Crippen LogP) is 3.26. The molecule has 4 nitrogen and oxygen atoms in total. The molecule has 8 heteroatoms. The van der Waals surface area contributed by atoms with Crippen LogP contribution in [0.25, 0.3) is 0 Å². The highest BCUT2D eigenvalue weighted by molar-refractivity contribution is 7.86. The minimum atomic E-state index is -5.84. The van der Waals surface area contributed by atoms with Crippen LogP contribution in [0.15, 0.2) is 30.3 Å². The van der Waals surface area contributed by atoms with Crippen LogP contribution in [0.5, 0.6) is 5.75 Å². The van der Waals surface area contributed by atoms with E-state index < -0.39 is 15.6 Å². The molecule has 0 fully saturated rings. The van der Waals surface area contributed by atoms with Crippen LogP contribution in [0.2, 0.25) is 0 Å². The third kappa shape index (κ3) is 8.44. The van der Waals surface area contributed by atoms with Crippen molar-refractivity contribution in [2.45, 2.75) is 31.9 Å². The summed E-state index contributed by atoms with van der Waals surface area (Å²) in [4.78, 5) is 0. The Bertz CT molecular complexity index is 475. The third-order valence-electron chi connectivity index (χ3n) is 1.46. The topological polar surface area (TPSA) is 63.6 Å². The SMILES string of the molecule is CC(C)(C)Oc1ccccc1.O=S(=O)(O)C(F)(F)F. The molecular weight excluding hydrogens is 285 g/mol. The summed E-state index contributed by atoms with van der Waals surface area (Å²) in [6.07, 6.45) is 0. The Balaban J connectivity index is 0.000000362. The summed E-state index contributed by atoms with van der Waals surface area (Å²) in [5.74, 6) is 0.931. The van der Waals surface area contributed by atoms with E-state index in [-0.39, 0.29) is 5.60 Å². The maximum atomic E-state index is 10.7. The van der Waals surface area contributed by atoms with Gasteiger partial charge in [0.25, 0.3) is 0 Å². The Labute approximate surface area is 110 Å². The van der Waals surface area contributed by atoms with Crippen LogP contribution in [0, 0.1) is 0 Å². The van der Waals surface area contributed by atoms with Crippen molar-refractivity contribution in [3.8, 4) is 5.75 Å². The molecule has 19 heavy (non-hydrogen) atoms. The summed E-state index contributed by atoms with van der Waals surface area (Å²) in [6, 6.07) is 9.86. The highest BCUT2D eigenvalue weighted by Gasteiger charge is 2.44. The second-order valence-corrected chi connectivity index (χ2v) is 5.86.